The SMILES string of the molecule is CS(=O)(=O)N(CC(=O)N(Cc1ccc(Cl)cc1)C(Cc1ccccc1)C(=O)NC1CCCCC1)c1ccc(Cl)c(Cl)c1. The molecule has 224 valence electrons. The van der Waals surface area contributed by atoms with Gasteiger partial charge in [-0.1, -0.05) is 96.5 Å². The first-order chi connectivity index (χ1) is 20.0. The summed E-state index contributed by atoms with van der Waals surface area (Å²) in [6, 6.07) is 20.0. The minimum Gasteiger partial charge on any atom is -0.352 e. The minimum absolute atomic E-state index is 0.0285. The molecule has 0 spiro atoms. The number of sulfonamides is 1. The first kappa shape index (κ1) is 32.1. The normalized spacial score (nSPS) is 14.7. The van der Waals surface area contributed by atoms with Gasteiger partial charge in [-0.25, -0.2) is 8.42 Å². The van der Waals surface area contributed by atoms with Crippen molar-refractivity contribution in [3.05, 3.63) is 99.0 Å². The Bertz CT molecular complexity index is 1480. The molecule has 1 aliphatic rings. The molecule has 0 radical (unpaired) electrons. The van der Waals surface area contributed by atoms with Crippen LogP contribution in [0.15, 0.2) is 72.8 Å². The molecule has 0 bridgehead atoms. The number of nitrogens with one attached hydrogen (secondary N) is 1. The number of carbonyl (C=O) groups excluding carboxylic acids is 2. The van der Waals surface area contributed by atoms with Crippen LogP contribution in [0.1, 0.15) is 43.2 Å². The number of anilines is 1. The Labute approximate surface area is 262 Å². The van der Waals surface area contributed by atoms with Crippen LogP contribution < -0.4 is 9.62 Å². The predicted molar refractivity (Wildman–Crippen MR) is 170 cm³/mol. The molecule has 4 rings (SSSR count). The molecule has 11 heteroatoms. The summed E-state index contributed by atoms with van der Waals surface area (Å²) in [7, 11) is -3.92. The lowest BCUT2D eigenvalue weighted by Gasteiger charge is -2.35. The van der Waals surface area contributed by atoms with Crippen LogP contribution in [0.25, 0.3) is 0 Å². The highest BCUT2D eigenvalue weighted by atomic mass is 35.5. The van der Waals surface area contributed by atoms with E-state index in [-0.39, 0.29) is 40.6 Å². The maximum atomic E-state index is 14.2. The largest absolute Gasteiger partial charge is 0.352 e. The van der Waals surface area contributed by atoms with Gasteiger partial charge in [0.15, 0.2) is 0 Å². The molecule has 1 atom stereocenters. The van der Waals surface area contributed by atoms with Crippen LogP contribution in [-0.4, -0.2) is 50.0 Å². The topological polar surface area (TPSA) is 86.8 Å². The van der Waals surface area contributed by atoms with Crippen molar-refractivity contribution >= 4 is 62.3 Å². The molecular formula is C31H34Cl3N3O4S. The van der Waals surface area contributed by atoms with Gasteiger partial charge in [-0.15, -0.1) is 0 Å². The van der Waals surface area contributed by atoms with Crippen molar-refractivity contribution in [2.24, 2.45) is 0 Å². The number of halogens is 3. The van der Waals surface area contributed by atoms with Crippen molar-refractivity contribution in [3.8, 4) is 0 Å². The Morgan fingerprint density at radius 2 is 1.55 bits per heavy atom. The molecule has 1 N–H and O–H groups in total. The van der Waals surface area contributed by atoms with Crippen molar-refractivity contribution in [3.63, 3.8) is 0 Å². The van der Waals surface area contributed by atoms with Gasteiger partial charge in [0.2, 0.25) is 21.8 Å². The fourth-order valence-electron chi connectivity index (χ4n) is 5.14. The van der Waals surface area contributed by atoms with Gasteiger partial charge in [-0.05, 0) is 54.3 Å². The summed E-state index contributed by atoms with van der Waals surface area (Å²) in [4.78, 5) is 29.6. The van der Waals surface area contributed by atoms with Crippen LogP contribution in [0.2, 0.25) is 15.1 Å². The lowest BCUT2D eigenvalue weighted by atomic mass is 9.94. The van der Waals surface area contributed by atoms with Gasteiger partial charge < -0.3 is 10.2 Å². The molecule has 3 aromatic rings. The van der Waals surface area contributed by atoms with E-state index in [1.54, 1.807) is 24.3 Å². The van der Waals surface area contributed by atoms with Crippen LogP contribution in [0, 0.1) is 0 Å². The quantitative estimate of drug-likeness (QED) is 0.257. The number of hydrogen-bond acceptors (Lipinski definition) is 4. The van der Waals surface area contributed by atoms with Gasteiger partial charge in [0, 0.05) is 24.0 Å². The van der Waals surface area contributed by atoms with Crippen molar-refractivity contribution in [2.75, 3.05) is 17.1 Å². The van der Waals surface area contributed by atoms with E-state index in [1.807, 2.05) is 30.3 Å². The third kappa shape index (κ3) is 8.86. The molecule has 1 fully saturated rings. The molecule has 1 aliphatic carbocycles. The molecule has 42 heavy (non-hydrogen) atoms. The Morgan fingerprint density at radius 1 is 0.881 bits per heavy atom. The lowest BCUT2D eigenvalue weighted by Crippen LogP contribution is -2.55. The van der Waals surface area contributed by atoms with Crippen molar-refractivity contribution in [2.45, 2.75) is 57.2 Å². The summed E-state index contributed by atoms with van der Waals surface area (Å²) in [6.07, 6.45) is 6.25. The van der Waals surface area contributed by atoms with Crippen LogP contribution in [0.3, 0.4) is 0 Å². The zero-order valence-corrected chi connectivity index (χ0v) is 26.4. The van der Waals surface area contributed by atoms with E-state index in [9.17, 15) is 18.0 Å². The van der Waals surface area contributed by atoms with E-state index in [0.717, 1.165) is 53.8 Å². The minimum atomic E-state index is -3.92. The fourth-order valence-corrected chi connectivity index (χ4v) is 6.40. The Kier molecular flexibility index (Phi) is 11.2. The first-order valence-electron chi connectivity index (χ1n) is 13.8. The standard InChI is InChI=1S/C31H34Cl3N3O4S/c1-42(40,41)37(26-16-17-27(33)28(34)19-26)21-30(38)36(20-23-12-14-24(32)15-13-23)29(18-22-8-4-2-5-9-22)31(39)35-25-10-6-3-7-11-25/h2,4-5,8-9,12-17,19,25,29H,3,6-7,10-11,18,20-21H2,1H3,(H,35,39). The summed E-state index contributed by atoms with van der Waals surface area (Å²) >= 11 is 18.4. The van der Waals surface area contributed by atoms with Crippen molar-refractivity contribution < 1.29 is 18.0 Å². The number of carbonyl (C=O) groups is 2. The summed E-state index contributed by atoms with van der Waals surface area (Å²) in [5, 5.41) is 4.13. The molecular weight excluding hydrogens is 617 g/mol. The third-order valence-corrected chi connectivity index (χ3v) is 9.49. The molecule has 1 unspecified atom stereocenters. The second-order valence-electron chi connectivity index (χ2n) is 10.6. The van der Waals surface area contributed by atoms with Crippen molar-refractivity contribution in [1.29, 1.82) is 0 Å². The van der Waals surface area contributed by atoms with Gasteiger partial charge in [0.05, 0.1) is 22.0 Å². The zero-order chi connectivity index (χ0) is 30.3. The van der Waals surface area contributed by atoms with E-state index < -0.39 is 28.5 Å². The number of nitrogens with zero attached hydrogens (tertiary/aromatic N) is 2. The Morgan fingerprint density at radius 3 is 2.17 bits per heavy atom. The maximum absolute atomic E-state index is 14.2. The molecule has 0 saturated heterocycles. The zero-order valence-electron chi connectivity index (χ0n) is 23.3. The summed E-state index contributed by atoms with van der Waals surface area (Å²) in [5.74, 6) is -0.810. The van der Waals surface area contributed by atoms with Crippen LogP contribution in [0.5, 0.6) is 0 Å². The molecule has 2 amide bonds. The number of benzene rings is 3. The van der Waals surface area contributed by atoms with Crippen LogP contribution >= 0.6 is 34.8 Å². The second kappa shape index (κ2) is 14.6. The monoisotopic (exact) mass is 649 g/mol. The van der Waals surface area contributed by atoms with E-state index in [1.165, 1.54) is 23.1 Å². The highest BCUT2D eigenvalue weighted by molar-refractivity contribution is 7.92. The van der Waals surface area contributed by atoms with Crippen LogP contribution in [-0.2, 0) is 32.6 Å². The molecule has 1 saturated carbocycles. The summed E-state index contributed by atoms with van der Waals surface area (Å²) < 4.78 is 26.8. The predicted octanol–water partition coefficient (Wildman–Crippen LogP) is 6.50. The summed E-state index contributed by atoms with van der Waals surface area (Å²) in [5.41, 5.74) is 1.81. The van der Waals surface area contributed by atoms with E-state index >= 15 is 0 Å². The Hall–Kier alpha value is -2.78. The lowest BCUT2D eigenvalue weighted by molar-refractivity contribution is -0.140. The molecule has 0 heterocycles. The molecule has 7 nitrogen and oxygen atoms in total. The highest BCUT2D eigenvalue weighted by Gasteiger charge is 2.34. The molecule has 0 aromatic heterocycles. The van der Waals surface area contributed by atoms with E-state index in [0.29, 0.717) is 5.02 Å². The number of rotatable bonds is 11. The number of amides is 2. The van der Waals surface area contributed by atoms with Gasteiger partial charge in [-0.2, -0.15) is 0 Å². The molecule has 0 aliphatic heterocycles. The molecule has 3 aromatic carbocycles. The highest BCUT2D eigenvalue weighted by Crippen LogP contribution is 2.29. The summed E-state index contributed by atoms with van der Waals surface area (Å²) in [6.45, 7) is -0.461. The van der Waals surface area contributed by atoms with Crippen molar-refractivity contribution in [1.82, 2.24) is 10.2 Å². The Balaban J connectivity index is 1.72. The second-order valence-corrected chi connectivity index (χ2v) is 13.7. The first-order valence-corrected chi connectivity index (χ1v) is 16.8. The smallest absolute Gasteiger partial charge is 0.244 e. The average molecular weight is 651 g/mol. The van der Waals surface area contributed by atoms with E-state index in [2.05, 4.69) is 5.32 Å². The fraction of sp³-hybridized carbons (Fsp3) is 0.355. The third-order valence-electron chi connectivity index (χ3n) is 7.36. The maximum Gasteiger partial charge on any atom is 0.244 e. The van der Waals surface area contributed by atoms with Gasteiger partial charge in [0.1, 0.15) is 12.6 Å². The van der Waals surface area contributed by atoms with Gasteiger partial charge >= 0.3 is 0 Å². The van der Waals surface area contributed by atoms with Gasteiger partial charge in [-0.3, -0.25) is 13.9 Å². The average Bonchev–Trinajstić information content (AvgIpc) is 2.96. The van der Waals surface area contributed by atoms with Gasteiger partial charge in [0.25, 0.3) is 0 Å². The number of hydrogen-bond donors (Lipinski definition) is 1. The van der Waals surface area contributed by atoms with Crippen LogP contribution in [0.4, 0.5) is 5.69 Å². The van der Waals surface area contributed by atoms with E-state index in [4.69, 9.17) is 34.8 Å².